The Bertz CT molecular complexity index is 1890. The zero-order chi connectivity index (χ0) is 37.8. The van der Waals surface area contributed by atoms with Gasteiger partial charge in [0.1, 0.15) is 29.4 Å². The highest BCUT2D eigenvalue weighted by Crippen LogP contribution is 2.56. The Hall–Kier alpha value is -5.30. The molecule has 7 rings (SSSR count). The molecule has 4 aliphatic heterocycles. The van der Waals surface area contributed by atoms with E-state index in [4.69, 9.17) is 18.9 Å². The fourth-order valence-electron chi connectivity index (χ4n) is 8.32. The van der Waals surface area contributed by atoms with E-state index in [2.05, 4.69) is 5.32 Å². The molecular weight excluding hydrogens is 690 g/mol. The van der Waals surface area contributed by atoms with Crippen molar-refractivity contribution in [3.63, 3.8) is 0 Å². The van der Waals surface area contributed by atoms with Crippen LogP contribution < -0.4 is 15.0 Å². The Morgan fingerprint density at radius 3 is 2.33 bits per heavy atom. The van der Waals surface area contributed by atoms with Gasteiger partial charge in [-0.25, -0.2) is 0 Å². The summed E-state index contributed by atoms with van der Waals surface area (Å²) in [6, 6.07) is 22.7. The van der Waals surface area contributed by atoms with Crippen molar-refractivity contribution in [2.24, 2.45) is 11.8 Å². The Labute approximate surface area is 314 Å². The molecule has 12 heteroatoms. The van der Waals surface area contributed by atoms with Crippen LogP contribution in [0, 0.1) is 11.8 Å². The molecule has 0 saturated carbocycles. The van der Waals surface area contributed by atoms with E-state index in [1.807, 2.05) is 60.7 Å². The molecule has 0 aromatic heterocycles. The molecule has 2 fully saturated rings. The maximum Gasteiger partial charge on any atom is 0.313 e. The number of allylic oxidation sites excluding steroid dienone is 1. The highest BCUT2D eigenvalue weighted by atomic mass is 16.6. The van der Waals surface area contributed by atoms with Crippen molar-refractivity contribution < 1.29 is 43.2 Å². The van der Waals surface area contributed by atoms with E-state index < -0.39 is 72.2 Å². The SMILES string of the molecule is COC[C@H]1NC(=O)CC/C=C\CN(c2ccc(OC)cc2)C(=O)[C@@H]2N([C@@H](CO)Cc3ccccc3)C(=O)[C@H]3[C@H](C(=O)O[C@@H]1c1ccccc1)[C@@H]1C=C[C@]23O1. The van der Waals surface area contributed by atoms with Gasteiger partial charge in [-0.1, -0.05) is 85.0 Å². The minimum atomic E-state index is -1.53. The molecule has 282 valence electrons. The molecule has 5 bridgehead atoms. The number of hydrogen-bond acceptors (Lipinski definition) is 9. The van der Waals surface area contributed by atoms with E-state index >= 15 is 9.59 Å². The lowest BCUT2D eigenvalue weighted by Gasteiger charge is -2.39. The molecule has 4 aliphatic rings. The number of methoxy groups -OCH3 is 2. The summed E-state index contributed by atoms with van der Waals surface area (Å²) in [6.45, 7) is -0.286. The number of aliphatic hydroxyl groups excluding tert-OH is 1. The predicted molar refractivity (Wildman–Crippen MR) is 198 cm³/mol. The lowest BCUT2D eigenvalue weighted by Crippen LogP contribution is -2.59. The van der Waals surface area contributed by atoms with E-state index in [0.29, 0.717) is 23.4 Å². The van der Waals surface area contributed by atoms with Crippen molar-refractivity contribution in [1.29, 1.82) is 0 Å². The van der Waals surface area contributed by atoms with Crippen molar-refractivity contribution in [3.05, 3.63) is 120 Å². The fourth-order valence-corrected chi connectivity index (χ4v) is 8.32. The first-order valence-electron chi connectivity index (χ1n) is 18.3. The Balaban J connectivity index is 1.35. The van der Waals surface area contributed by atoms with Crippen LogP contribution in [0.15, 0.2) is 109 Å². The van der Waals surface area contributed by atoms with Gasteiger partial charge in [-0.2, -0.15) is 0 Å². The van der Waals surface area contributed by atoms with E-state index in [1.54, 1.807) is 60.6 Å². The number of carbonyl (C=O) groups is 4. The summed E-state index contributed by atoms with van der Waals surface area (Å²) in [5, 5.41) is 13.9. The lowest BCUT2D eigenvalue weighted by atomic mass is 9.74. The number of cyclic esters (lactones) is 1. The number of anilines is 1. The van der Waals surface area contributed by atoms with Crippen LogP contribution in [0.3, 0.4) is 0 Å². The van der Waals surface area contributed by atoms with Gasteiger partial charge in [0.15, 0.2) is 0 Å². The first-order chi connectivity index (χ1) is 26.3. The third-order valence-electron chi connectivity index (χ3n) is 10.8. The summed E-state index contributed by atoms with van der Waals surface area (Å²) in [4.78, 5) is 61.2. The van der Waals surface area contributed by atoms with E-state index in [9.17, 15) is 14.7 Å². The Morgan fingerprint density at radius 2 is 1.65 bits per heavy atom. The highest BCUT2D eigenvalue weighted by Gasteiger charge is 2.74. The van der Waals surface area contributed by atoms with Crippen molar-refractivity contribution in [1.82, 2.24) is 10.2 Å². The summed E-state index contributed by atoms with van der Waals surface area (Å²) >= 11 is 0. The molecule has 0 unspecified atom stereocenters. The van der Waals surface area contributed by atoms with Crippen molar-refractivity contribution in [2.75, 3.05) is 38.9 Å². The first kappa shape index (κ1) is 37.0. The number of nitrogens with one attached hydrogen (secondary N) is 1. The minimum Gasteiger partial charge on any atom is -0.497 e. The summed E-state index contributed by atoms with van der Waals surface area (Å²) in [5.74, 6) is -3.56. The Kier molecular flexibility index (Phi) is 11.0. The molecule has 12 nitrogen and oxygen atoms in total. The van der Waals surface area contributed by atoms with E-state index in [1.165, 1.54) is 12.0 Å². The molecule has 2 saturated heterocycles. The number of hydrogen-bond donors (Lipinski definition) is 2. The summed E-state index contributed by atoms with van der Waals surface area (Å²) in [5.41, 5.74) is 0.504. The normalized spacial score (nSPS) is 29.5. The van der Waals surface area contributed by atoms with Gasteiger partial charge in [0.25, 0.3) is 5.91 Å². The van der Waals surface area contributed by atoms with Gasteiger partial charge >= 0.3 is 5.97 Å². The number of likely N-dealkylation sites (tertiary alicyclic amines) is 1. The van der Waals surface area contributed by atoms with E-state index in [0.717, 1.165) is 5.56 Å². The molecule has 4 heterocycles. The van der Waals surface area contributed by atoms with Crippen molar-refractivity contribution in [2.45, 2.75) is 55.2 Å². The number of amides is 3. The number of benzene rings is 3. The van der Waals surface area contributed by atoms with E-state index in [-0.39, 0.29) is 31.9 Å². The molecule has 0 aliphatic carbocycles. The first-order valence-corrected chi connectivity index (χ1v) is 18.3. The quantitative estimate of drug-likeness (QED) is 0.249. The average molecular weight is 736 g/mol. The van der Waals surface area contributed by atoms with Crippen LogP contribution in [0.5, 0.6) is 5.75 Å². The van der Waals surface area contributed by atoms with Gasteiger partial charge in [0.05, 0.1) is 44.4 Å². The van der Waals surface area contributed by atoms with Crippen LogP contribution in [-0.4, -0.2) is 97.5 Å². The molecule has 3 amide bonds. The van der Waals surface area contributed by atoms with Gasteiger partial charge in [-0.05, 0) is 48.2 Å². The second-order valence-electron chi connectivity index (χ2n) is 14.0. The summed E-state index contributed by atoms with van der Waals surface area (Å²) in [7, 11) is 3.06. The standard InChI is InChI=1S/C42H45N3O9/c1-51-26-32-37(28-14-8-4-9-15-28)53-41(50)35-33-21-22-42(54-33)36(35)39(48)45(30(25-46)24-27-12-6-3-7-13-27)38(42)40(49)44(23-11-5-10-16-34(47)43-32)29-17-19-31(52-2)20-18-29/h3-9,11-15,17-22,30,32-33,35-38,46H,10,16,23-26H2,1-2H3,(H,43,47)/b11-5-/t30-,32-,33+,35-,36-,37-,38+,42-/m1/s1. The van der Waals surface area contributed by atoms with Gasteiger partial charge in [0, 0.05) is 25.8 Å². The van der Waals surface area contributed by atoms with Gasteiger partial charge in [0.2, 0.25) is 11.8 Å². The number of nitrogens with zero attached hydrogens (tertiary/aromatic N) is 2. The van der Waals surface area contributed by atoms with Gasteiger partial charge < -0.3 is 39.2 Å². The maximum absolute atomic E-state index is 15.3. The molecule has 0 radical (unpaired) electrons. The number of fused-ring (bicyclic) bond motifs is 2. The maximum atomic E-state index is 15.3. The number of ether oxygens (including phenoxy) is 4. The topological polar surface area (TPSA) is 144 Å². The number of aliphatic hydroxyl groups is 1. The summed E-state index contributed by atoms with van der Waals surface area (Å²) in [6.07, 6.45) is 6.05. The molecule has 3 aromatic carbocycles. The van der Waals surface area contributed by atoms with Crippen LogP contribution in [0.1, 0.15) is 30.1 Å². The molecule has 3 aromatic rings. The van der Waals surface area contributed by atoms with Crippen LogP contribution in [0.25, 0.3) is 0 Å². The second-order valence-corrected chi connectivity index (χ2v) is 14.0. The van der Waals surface area contributed by atoms with Crippen LogP contribution in [0.4, 0.5) is 5.69 Å². The lowest BCUT2D eigenvalue weighted by molar-refractivity contribution is -0.162. The molecule has 2 N–H and O–H groups in total. The monoisotopic (exact) mass is 735 g/mol. The minimum absolute atomic E-state index is 0.0457. The second kappa shape index (κ2) is 16.0. The summed E-state index contributed by atoms with van der Waals surface area (Å²) < 4.78 is 23.9. The van der Waals surface area contributed by atoms with Crippen LogP contribution >= 0.6 is 0 Å². The fraction of sp³-hybridized carbons (Fsp3) is 0.381. The zero-order valence-electron chi connectivity index (χ0n) is 30.3. The Morgan fingerprint density at radius 1 is 0.926 bits per heavy atom. The average Bonchev–Trinajstić information content (AvgIpc) is 3.85. The third-order valence-corrected chi connectivity index (χ3v) is 10.8. The predicted octanol–water partition coefficient (Wildman–Crippen LogP) is 3.55. The molecule has 8 atom stereocenters. The zero-order valence-corrected chi connectivity index (χ0v) is 30.3. The molecule has 1 spiro atoms. The number of rotatable bonds is 9. The largest absolute Gasteiger partial charge is 0.497 e. The number of carbonyl (C=O) groups excluding carboxylic acids is 4. The van der Waals surface area contributed by atoms with Crippen molar-refractivity contribution in [3.8, 4) is 5.75 Å². The number of esters is 1. The smallest absolute Gasteiger partial charge is 0.313 e. The van der Waals surface area contributed by atoms with Gasteiger partial charge in [-0.3, -0.25) is 19.2 Å². The molecule has 54 heavy (non-hydrogen) atoms. The molecular formula is C42H45N3O9. The van der Waals surface area contributed by atoms with Crippen molar-refractivity contribution >= 4 is 29.4 Å². The van der Waals surface area contributed by atoms with Gasteiger partial charge in [-0.15, -0.1) is 0 Å². The third kappa shape index (κ3) is 6.92. The van der Waals surface area contributed by atoms with Crippen LogP contribution in [-0.2, 0) is 39.8 Å². The van der Waals surface area contributed by atoms with Crippen LogP contribution in [0.2, 0.25) is 0 Å². The highest BCUT2D eigenvalue weighted by molar-refractivity contribution is 6.05.